The van der Waals surface area contributed by atoms with Crippen LogP contribution in [0.25, 0.3) is 0 Å². The van der Waals surface area contributed by atoms with Gasteiger partial charge in [0.1, 0.15) is 10.3 Å². The fraction of sp³-hybridized carbons (Fsp3) is 0.312. The molecule has 0 radical (unpaired) electrons. The van der Waals surface area contributed by atoms with Crippen LogP contribution in [0, 0.1) is 0 Å². The fourth-order valence-corrected chi connectivity index (χ4v) is 5.58. The number of anilines is 1. The van der Waals surface area contributed by atoms with E-state index in [9.17, 15) is 4.79 Å². The van der Waals surface area contributed by atoms with Gasteiger partial charge in [0.2, 0.25) is 0 Å². The molecule has 22 heavy (non-hydrogen) atoms. The first-order chi connectivity index (χ1) is 10.8. The topological polar surface area (TPSA) is 50.4 Å². The van der Waals surface area contributed by atoms with Crippen molar-refractivity contribution < 1.29 is 9.53 Å². The Hall–Kier alpha value is -1.50. The molecule has 0 aliphatic carbocycles. The number of benzene rings is 1. The number of hydrogen-bond donors (Lipinski definition) is 2. The Morgan fingerprint density at radius 2 is 2.23 bits per heavy atom. The molecule has 2 N–H and O–H groups in total. The minimum absolute atomic E-state index is 0.0876. The predicted octanol–water partition coefficient (Wildman–Crippen LogP) is 3.40. The van der Waals surface area contributed by atoms with Gasteiger partial charge in [-0.05, 0) is 30.7 Å². The molecule has 1 aromatic heterocycles. The van der Waals surface area contributed by atoms with Crippen LogP contribution in [0.15, 0.2) is 29.2 Å². The van der Waals surface area contributed by atoms with E-state index < -0.39 is 0 Å². The summed E-state index contributed by atoms with van der Waals surface area (Å²) >= 11 is 3.35. The van der Waals surface area contributed by atoms with Gasteiger partial charge in [0.25, 0.3) is 0 Å². The van der Waals surface area contributed by atoms with Gasteiger partial charge in [-0.1, -0.05) is 23.9 Å². The summed E-state index contributed by atoms with van der Waals surface area (Å²) in [4.78, 5) is 15.5. The average Bonchev–Trinajstić information content (AvgIpc) is 3.14. The molecule has 2 aliphatic heterocycles. The van der Waals surface area contributed by atoms with Crippen molar-refractivity contribution in [2.45, 2.75) is 23.2 Å². The molecule has 2 aromatic rings. The molecular weight excluding hydrogens is 316 g/mol. The summed E-state index contributed by atoms with van der Waals surface area (Å²) in [7, 11) is 1.45. The van der Waals surface area contributed by atoms with Crippen molar-refractivity contribution in [1.82, 2.24) is 5.32 Å². The third kappa shape index (κ3) is 2.22. The van der Waals surface area contributed by atoms with E-state index in [0.717, 1.165) is 35.6 Å². The first kappa shape index (κ1) is 14.1. The van der Waals surface area contributed by atoms with Gasteiger partial charge in [0, 0.05) is 27.6 Å². The molecule has 0 saturated carbocycles. The van der Waals surface area contributed by atoms with E-state index >= 15 is 0 Å². The summed E-state index contributed by atoms with van der Waals surface area (Å²) < 4.78 is 5.01. The minimum atomic E-state index is -0.229. The second-order valence-corrected chi connectivity index (χ2v) is 7.56. The molecule has 1 atom stereocenters. The van der Waals surface area contributed by atoms with E-state index in [1.165, 1.54) is 22.4 Å². The third-order valence-electron chi connectivity index (χ3n) is 4.02. The van der Waals surface area contributed by atoms with Crippen LogP contribution in [-0.2, 0) is 17.7 Å². The zero-order valence-electron chi connectivity index (χ0n) is 12.1. The Kier molecular flexibility index (Phi) is 3.60. The largest absolute Gasteiger partial charge is 0.465 e. The number of thioether (sulfide) groups is 1. The smallest absolute Gasteiger partial charge is 0.348 e. The molecule has 4 rings (SSSR count). The molecule has 2 aliphatic rings. The van der Waals surface area contributed by atoms with Crippen molar-refractivity contribution in [3.8, 4) is 0 Å². The zero-order chi connectivity index (χ0) is 15.1. The lowest BCUT2D eigenvalue weighted by Gasteiger charge is -2.18. The molecule has 1 unspecified atom stereocenters. The molecule has 114 valence electrons. The molecular formula is C16H16N2O2S2. The summed E-state index contributed by atoms with van der Waals surface area (Å²) in [5.74, 6) is -0.229. The lowest BCUT2D eigenvalue weighted by Crippen LogP contribution is -2.23. The van der Waals surface area contributed by atoms with Crippen LogP contribution in [0.2, 0.25) is 0 Å². The van der Waals surface area contributed by atoms with E-state index in [1.807, 2.05) is 12.1 Å². The average molecular weight is 332 g/mol. The number of esters is 1. The van der Waals surface area contributed by atoms with Crippen molar-refractivity contribution in [2.75, 3.05) is 19.0 Å². The number of methoxy groups -OCH3 is 1. The normalized spacial score (nSPS) is 19.2. The van der Waals surface area contributed by atoms with Gasteiger partial charge >= 0.3 is 5.97 Å². The van der Waals surface area contributed by atoms with Gasteiger partial charge in [-0.2, -0.15) is 0 Å². The Morgan fingerprint density at radius 3 is 3.05 bits per heavy atom. The van der Waals surface area contributed by atoms with Crippen molar-refractivity contribution in [2.24, 2.45) is 0 Å². The van der Waals surface area contributed by atoms with Crippen molar-refractivity contribution >= 4 is 34.8 Å². The van der Waals surface area contributed by atoms with Gasteiger partial charge in [-0.15, -0.1) is 11.3 Å². The van der Waals surface area contributed by atoms with Gasteiger partial charge in [0.05, 0.1) is 7.11 Å². The standard InChI is InChI=1S/C16H16N2O2S2/c1-20-16(19)14-13(9-6-7-17-8-12(9)21-14)15-18-10-4-2-3-5-11(10)22-15/h2-5,15,17-18H,6-8H2,1H3. The molecule has 3 heterocycles. The monoisotopic (exact) mass is 332 g/mol. The van der Waals surface area contributed by atoms with Crippen LogP contribution >= 0.6 is 23.1 Å². The number of thiophene rings is 1. The van der Waals surface area contributed by atoms with Gasteiger partial charge < -0.3 is 15.4 Å². The number of hydrogen-bond acceptors (Lipinski definition) is 6. The van der Waals surface area contributed by atoms with Gasteiger partial charge in [-0.3, -0.25) is 0 Å². The summed E-state index contributed by atoms with van der Waals surface area (Å²) in [6.45, 7) is 1.80. The minimum Gasteiger partial charge on any atom is -0.465 e. The molecule has 6 heteroatoms. The summed E-state index contributed by atoms with van der Waals surface area (Å²) in [5.41, 5.74) is 3.58. The second kappa shape index (κ2) is 5.61. The number of fused-ring (bicyclic) bond motifs is 2. The maximum atomic E-state index is 12.2. The first-order valence-electron chi connectivity index (χ1n) is 7.23. The molecule has 0 bridgehead atoms. The van der Waals surface area contributed by atoms with E-state index in [4.69, 9.17) is 4.74 Å². The van der Waals surface area contributed by atoms with Crippen LogP contribution in [0.3, 0.4) is 0 Å². The molecule has 1 aromatic carbocycles. The maximum absolute atomic E-state index is 12.2. The Balaban J connectivity index is 1.78. The third-order valence-corrected chi connectivity index (χ3v) is 6.45. The SMILES string of the molecule is COC(=O)c1sc2c(c1C1Nc3ccccc3S1)CCNC2. The van der Waals surface area contributed by atoms with Crippen LogP contribution in [0.4, 0.5) is 5.69 Å². The number of ether oxygens (including phenoxy) is 1. The predicted molar refractivity (Wildman–Crippen MR) is 89.7 cm³/mol. The molecule has 0 fully saturated rings. The van der Waals surface area contributed by atoms with Crippen LogP contribution < -0.4 is 10.6 Å². The number of carbonyl (C=O) groups excluding carboxylic acids is 1. The summed E-state index contributed by atoms with van der Waals surface area (Å²) in [6, 6.07) is 8.28. The second-order valence-electron chi connectivity index (χ2n) is 5.30. The summed E-state index contributed by atoms with van der Waals surface area (Å²) in [6.07, 6.45) is 0.966. The number of nitrogens with one attached hydrogen (secondary N) is 2. The van der Waals surface area contributed by atoms with E-state index in [-0.39, 0.29) is 11.3 Å². The van der Waals surface area contributed by atoms with E-state index in [0.29, 0.717) is 0 Å². The van der Waals surface area contributed by atoms with Crippen molar-refractivity contribution in [3.05, 3.63) is 45.1 Å². The first-order valence-corrected chi connectivity index (χ1v) is 8.93. The lowest BCUT2D eigenvalue weighted by molar-refractivity contribution is 0.0605. The zero-order valence-corrected chi connectivity index (χ0v) is 13.8. The Bertz CT molecular complexity index is 717. The lowest BCUT2D eigenvalue weighted by atomic mass is 10.0. The molecule has 0 saturated heterocycles. The molecule has 0 amide bonds. The van der Waals surface area contributed by atoms with Gasteiger partial charge in [-0.25, -0.2) is 4.79 Å². The highest BCUT2D eigenvalue weighted by Gasteiger charge is 2.33. The Labute approximate surface area is 137 Å². The highest BCUT2D eigenvalue weighted by molar-refractivity contribution is 8.00. The van der Waals surface area contributed by atoms with Crippen molar-refractivity contribution in [1.29, 1.82) is 0 Å². The highest BCUT2D eigenvalue weighted by Crippen LogP contribution is 2.50. The quantitative estimate of drug-likeness (QED) is 0.826. The van der Waals surface area contributed by atoms with E-state index in [2.05, 4.69) is 22.8 Å². The maximum Gasteiger partial charge on any atom is 0.348 e. The van der Waals surface area contributed by atoms with Crippen molar-refractivity contribution in [3.63, 3.8) is 0 Å². The molecule has 4 nitrogen and oxygen atoms in total. The summed E-state index contributed by atoms with van der Waals surface area (Å²) in [5, 5.41) is 7.01. The number of rotatable bonds is 2. The van der Waals surface area contributed by atoms with E-state index in [1.54, 1.807) is 23.1 Å². The van der Waals surface area contributed by atoms with Crippen LogP contribution in [0.1, 0.15) is 31.0 Å². The van der Waals surface area contributed by atoms with Gasteiger partial charge in [0.15, 0.2) is 0 Å². The molecule has 0 spiro atoms. The Morgan fingerprint density at radius 1 is 1.36 bits per heavy atom. The van der Waals surface area contributed by atoms with Crippen LogP contribution in [-0.4, -0.2) is 19.6 Å². The number of carbonyl (C=O) groups is 1. The highest BCUT2D eigenvalue weighted by atomic mass is 32.2. The number of para-hydroxylation sites is 1. The van der Waals surface area contributed by atoms with Crippen LogP contribution in [0.5, 0.6) is 0 Å². The fourth-order valence-electron chi connectivity index (χ4n) is 3.00.